The second-order valence-electron chi connectivity index (χ2n) is 7.44. The van der Waals surface area contributed by atoms with E-state index in [1.165, 1.54) is 11.9 Å². The Labute approximate surface area is 178 Å². The minimum absolute atomic E-state index is 0.0177. The molecule has 154 valence electrons. The van der Waals surface area contributed by atoms with E-state index in [0.717, 1.165) is 36.8 Å². The number of benzene rings is 2. The third-order valence-electron chi connectivity index (χ3n) is 5.36. The van der Waals surface area contributed by atoms with Gasteiger partial charge in [-0.1, -0.05) is 87.4 Å². The van der Waals surface area contributed by atoms with Crippen molar-refractivity contribution in [1.29, 1.82) is 0 Å². The lowest BCUT2D eigenvalue weighted by atomic mass is 9.79. The topological polar surface area (TPSA) is 49.4 Å². The molecule has 0 radical (unpaired) electrons. The van der Waals surface area contributed by atoms with E-state index in [1.54, 1.807) is 0 Å². The lowest BCUT2D eigenvalue weighted by Gasteiger charge is -2.31. The first-order valence-corrected chi connectivity index (χ1v) is 11.3. The van der Waals surface area contributed by atoms with E-state index in [4.69, 9.17) is 0 Å². The molecule has 0 bridgehead atoms. The zero-order valence-corrected chi connectivity index (χ0v) is 18.1. The first kappa shape index (κ1) is 21.4. The average molecular weight is 411 g/mol. The number of rotatable bonds is 9. The highest BCUT2D eigenvalue weighted by atomic mass is 32.2. The van der Waals surface area contributed by atoms with E-state index in [9.17, 15) is 9.59 Å². The van der Waals surface area contributed by atoms with E-state index in [2.05, 4.69) is 19.2 Å². The highest BCUT2D eigenvalue weighted by Gasteiger charge is 2.59. The van der Waals surface area contributed by atoms with Crippen LogP contribution in [0.25, 0.3) is 0 Å². The van der Waals surface area contributed by atoms with Crippen molar-refractivity contribution in [3.8, 4) is 0 Å². The Bertz CT molecular complexity index is 812. The number of amides is 2. The molecule has 0 aromatic heterocycles. The molecular weight excluding hydrogens is 380 g/mol. The first-order valence-electron chi connectivity index (χ1n) is 10.5. The summed E-state index contributed by atoms with van der Waals surface area (Å²) in [5.74, 6) is -0.609. The van der Waals surface area contributed by atoms with Crippen LogP contribution in [0.5, 0.6) is 0 Å². The van der Waals surface area contributed by atoms with Crippen molar-refractivity contribution in [3.63, 3.8) is 0 Å². The van der Waals surface area contributed by atoms with Gasteiger partial charge in [0, 0.05) is 13.1 Å². The summed E-state index contributed by atoms with van der Waals surface area (Å²) < 4.78 is 0.814. The summed E-state index contributed by atoms with van der Waals surface area (Å²) >= 11 is 1.40. The number of carbonyl (C=O) groups excluding carboxylic acids is 2. The molecule has 4 nitrogen and oxygen atoms in total. The SMILES string of the molecule is CCCCNC(=O)C1(c2ccccc2)SN(CCCC)C(=O)C1c1ccccc1. The number of nitrogens with one attached hydrogen (secondary N) is 1. The van der Waals surface area contributed by atoms with Crippen LogP contribution in [-0.2, 0) is 14.3 Å². The molecule has 2 aromatic carbocycles. The van der Waals surface area contributed by atoms with Crippen molar-refractivity contribution < 1.29 is 9.59 Å². The Hall–Kier alpha value is -2.27. The smallest absolute Gasteiger partial charge is 0.243 e. The normalized spacial score (nSPS) is 21.4. The summed E-state index contributed by atoms with van der Waals surface area (Å²) in [6.07, 6.45) is 3.85. The van der Waals surface area contributed by atoms with Gasteiger partial charge >= 0.3 is 0 Å². The van der Waals surface area contributed by atoms with Crippen LogP contribution in [-0.4, -0.2) is 29.2 Å². The second kappa shape index (κ2) is 9.97. The van der Waals surface area contributed by atoms with E-state index in [-0.39, 0.29) is 11.8 Å². The summed E-state index contributed by atoms with van der Waals surface area (Å²) in [5, 5.41) is 3.12. The van der Waals surface area contributed by atoms with Crippen LogP contribution in [0.15, 0.2) is 60.7 Å². The predicted molar refractivity (Wildman–Crippen MR) is 119 cm³/mol. The summed E-state index contributed by atoms with van der Waals surface area (Å²) in [7, 11) is 0. The fourth-order valence-corrected chi connectivity index (χ4v) is 5.29. The van der Waals surface area contributed by atoms with Crippen LogP contribution < -0.4 is 5.32 Å². The molecule has 2 unspecified atom stereocenters. The van der Waals surface area contributed by atoms with Crippen LogP contribution in [0.3, 0.4) is 0 Å². The molecule has 2 amide bonds. The van der Waals surface area contributed by atoms with Gasteiger partial charge < -0.3 is 5.32 Å². The third-order valence-corrected chi connectivity index (χ3v) is 6.88. The maximum absolute atomic E-state index is 13.7. The van der Waals surface area contributed by atoms with Crippen molar-refractivity contribution in [3.05, 3.63) is 71.8 Å². The highest BCUT2D eigenvalue weighted by molar-refractivity contribution is 7.99. The Morgan fingerprint density at radius 3 is 2.24 bits per heavy atom. The number of unbranched alkanes of at least 4 members (excludes halogenated alkanes) is 2. The van der Waals surface area contributed by atoms with E-state index in [0.29, 0.717) is 13.1 Å². The summed E-state index contributed by atoms with van der Waals surface area (Å²) in [4.78, 5) is 27.2. The van der Waals surface area contributed by atoms with Crippen LogP contribution in [0.2, 0.25) is 0 Å². The maximum Gasteiger partial charge on any atom is 0.243 e. The van der Waals surface area contributed by atoms with Crippen molar-refractivity contribution in [2.24, 2.45) is 0 Å². The van der Waals surface area contributed by atoms with Gasteiger partial charge in [-0.05, 0) is 35.9 Å². The van der Waals surface area contributed by atoms with E-state index >= 15 is 0 Å². The molecule has 2 atom stereocenters. The van der Waals surface area contributed by atoms with Gasteiger partial charge in [0.15, 0.2) is 4.75 Å². The molecule has 1 fully saturated rings. The van der Waals surface area contributed by atoms with E-state index in [1.807, 2.05) is 65.0 Å². The molecule has 0 aliphatic carbocycles. The van der Waals surface area contributed by atoms with Crippen LogP contribution >= 0.6 is 11.9 Å². The van der Waals surface area contributed by atoms with Gasteiger partial charge in [-0.3, -0.25) is 13.9 Å². The van der Waals surface area contributed by atoms with Crippen LogP contribution in [0.4, 0.5) is 0 Å². The lowest BCUT2D eigenvalue weighted by molar-refractivity contribution is -0.131. The van der Waals surface area contributed by atoms with Gasteiger partial charge in [-0.2, -0.15) is 0 Å². The fourth-order valence-electron chi connectivity index (χ4n) is 3.79. The molecular formula is C24H30N2O2S. The Morgan fingerprint density at radius 2 is 1.62 bits per heavy atom. The zero-order chi connectivity index (χ0) is 20.7. The summed E-state index contributed by atoms with van der Waals surface area (Å²) in [6, 6.07) is 19.5. The molecule has 29 heavy (non-hydrogen) atoms. The number of hydrogen-bond donors (Lipinski definition) is 1. The standard InChI is InChI=1S/C24H30N2O2S/c1-3-5-17-25-23(28)24(20-15-11-8-12-16-20)21(19-13-9-7-10-14-19)22(27)26(29-24)18-6-4-2/h7-16,21H,3-6,17-18H2,1-2H3,(H,25,28). The molecule has 0 saturated carbocycles. The molecule has 0 spiro atoms. The van der Waals surface area contributed by atoms with Gasteiger partial charge in [0.25, 0.3) is 0 Å². The van der Waals surface area contributed by atoms with E-state index < -0.39 is 10.7 Å². The van der Waals surface area contributed by atoms with Crippen LogP contribution in [0, 0.1) is 0 Å². The Morgan fingerprint density at radius 1 is 1.00 bits per heavy atom. The quantitative estimate of drug-likeness (QED) is 0.474. The number of nitrogens with zero attached hydrogens (tertiary/aromatic N) is 1. The summed E-state index contributed by atoms with van der Waals surface area (Å²) in [6.45, 7) is 5.49. The maximum atomic E-state index is 13.7. The largest absolute Gasteiger partial charge is 0.355 e. The lowest BCUT2D eigenvalue weighted by Crippen LogP contribution is -2.45. The molecule has 1 N–H and O–H groups in total. The minimum atomic E-state index is -0.999. The van der Waals surface area contributed by atoms with Gasteiger partial charge in [0.1, 0.15) is 0 Å². The Balaban J connectivity index is 2.11. The minimum Gasteiger partial charge on any atom is -0.355 e. The van der Waals surface area contributed by atoms with Crippen molar-refractivity contribution in [2.45, 2.75) is 50.2 Å². The van der Waals surface area contributed by atoms with Crippen molar-refractivity contribution in [2.75, 3.05) is 13.1 Å². The monoisotopic (exact) mass is 410 g/mol. The zero-order valence-electron chi connectivity index (χ0n) is 17.3. The molecule has 2 aromatic rings. The number of carbonyl (C=O) groups is 2. The van der Waals surface area contributed by atoms with Crippen molar-refractivity contribution >= 4 is 23.8 Å². The second-order valence-corrected chi connectivity index (χ2v) is 8.71. The molecule has 1 heterocycles. The molecule has 1 saturated heterocycles. The van der Waals surface area contributed by atoms with Gasteiger partial charge in [0.05, 0.1) is 5.92 Å². The predicted octanol–water partition coefficient (Wildman–Crippen LogP) is 4.87. The average Bonchev–Trinajstić information content (AvgIpc) is 3.06. The molecule has 3 rings (SSSR count). The third kappa shape index (κ3) is 4.35. The molecule has 1 aliphatic heterocycles. The highest BCUT2D eigenvalue weighted by Crippen LogP contribution is 2.56. The van der Waals surface area contributed by atoms with Crippen LogP contribution in [0.1, 0.15) is 56.6 Å². The Kier molecular flexibility index (Phi) is 7.37. The van der Waals surface area contributed by atoms with Gasteiger partial charge in [-0.15, -0.1) is 0 Å². The summed E-state index contributed by atoms with van der Waals surface area (Å²) in [5.41, 5.74) is 1.76. The van der Waals surface area contributed by atoms with Crippen molar-refractivity contribution in [1.82, 2.24) is 9.62 Å². The number of hydrogen-bond acceptors (Lipinski definition) is 3. The molecule has 1 aliphatic rings. The van der Waals surface area contributed by atoms with Gasteiger partial charge in [-0.25, -0.2) is 0 Å². The fraction of sp³-hybridized carbons (Fsp3) is 0.417. The first-order chi connectivity index (χ1) is 14.1. The van der Waals surface area contributed by atoms with Gasteiger partial charge in [0.2, 0.25) is 11.8 Å². The molecule has 5 heteroatoms.